The Morgan fingerprint density at radius 2 is 1.78 bits per heavy atom. The Labute approximate surface area is 132 Å². The van der Waals surface area contributed by atoms with Crippen LogP contribution < -0.4 is 4.74 Å². The maximum absolute atomic E-state index is 12.2. The summed E-state index contributed by atoms with van der Waals surface area (Å²) in [5.74, 6) is -0.527. The average Bonchev–Trinajstić information content (AvgIpc) is 3.01. The number of rotatable bonds is 4. The van der Waals surface area contributed by atoms with Crippen molar-refractivity contribution in [1.29, 1.82) is 0 Å². The van der Waals surface area contributed by atoms with Crippen LogP contribution in [0.3, 0.4) is 0 Å². The number of H-pyrrole nitrogens is 1. The lowest BCUT2D eigenvalue weighted by Crippen LogP contribution is -2.08. The fraction of sp³-hybridized carbons (Fsp3) is 0.111. The molecule has 0 bridgehead atoms. The summed E-state index contributed by atoms with van der Waals surface area (Å²) in [5, 5.41) is 0.770. The second-order valence-corrected chi connectivity index (χ2v) is 4.88. The molecular weight excluding hydrogens is 294 g/mol. The first-order valence-corrected chi connectivity index (χ1v) is 7.25. The molecule has 0 saturated carbocycles. The van der Waals surface area contributed by atoms with E-state index in [9.17, 15) is 9.59 Å². The van der Waals surface area contributed by atoms with Crippen molar-refractivity contribution >= 4 is 22.8 Å². The Morgan fingerprint density at radius 3 is 2.52 bits per heavy atom. The van der Waals surface area contributed by atoms with E-state index in [2.05, 4.69) is 4.98 Å². The first kappa shape index (κ1) is 14.8. The maximum Gasteiger partial charge on any atom is 0.354 e. The van der Waals surface area contributed by atoms with E-state index in [1.165, 1.54) is 0 Å². The predicted octanol–water partition coefficient (Wildman–Crippen LogP) is 3.56. The first-order chi connectivity index (χ1) is 11.2. The quantitative estimate of drug-likeness (QED) is 0.591. The van der Waals surface area contributed by atoms with Gasteiger partial charge in [0.2, 0.25) is 0 Å². The number of carbonyl (C=O) groups is 2. The zero-order chi connectivity index (χ0) is 16.2. The van der Waals surface area contributed by atoms with Crippen LogP contribution in [0, 0.1) is 0 Å². The molecule has 5 heteroatoms. The second-order valence-electron chi connectivity index (χ2n) is 4.88. The molecule has 0 amide bonds. The van der Waals surface area contributed by atoms with E-state index in [-0.39, 0.29) is 0 Å². The van der Waals surface area contributed by atoms with Crippen molar-refractivity contribution in [3.05, 3.63) is 65.9 Å². The molecule has 1 N–H and O–H groups in total. The van der Waals surface area contributed by atoms with Crippen molar-refractivity contribution in [2.75, 3.05) is 6.61 Å². The number of hydrogen-bond donors (Lipinski definition) is 1. The van der Waals surface area contributed by atoms with Crippen LogP contribution in [0.4, 0.5) is 0 Å². The van der Waals surface area contributed by atoms with Crippen LogP contribution in [0.15, 0.2) is 54.6 Å². The van der Waals surface area contributed by atoms with Crippen molar-refractivity contribution in [2.45, 2.75) is 6.92 Å². The van der Waals surface area contributed by atoms with Crippen LogP contribution in [0.5, 0.6) is 5.75 Å². The van der Waals surface area contributed by atoms with Crippen LogP contribution in [0.25, 0.3) is 10.9 Å². The third kappa shape index (κ3) is 3.08. The highest BCUT2D eigenvalue weighted by molar-refractivity contribution is 5.98. The minimum absolute atomic E-state index is 0.296. The van der Waals surface area contributed by atoms with E-state index in [0.717, 1.165) is 5.39 Å². The Morgan fingerprint density at radius 1 is 1.00 bits per heavy atom. The summed E-state index contributed by atoms with van der Waals surface area (Å²) in [4.78, 5) is 26.9. The van der Waals surface area contributed by atoms with E-state index < -0.39 is 11.9 Å². The molecule has 5 nitrogen and oxygen atoms in total. The second kappa shape index (κ2) is 6.36. The molecule has 0 saturated heterocycles. The molecular formula is C18H15NO4. The topological polar surface area (TPSA) is 68.4 Å². The van der Waals surface area contributed by atoms with Crippen molar-refractivity contribution < 1.29 is 19.1 Å². The molecule has 1 heterocycles. The Balaban J connectivity index is 1.92. The number of hydrogen-bond acceptors (Lipinski definition) is 4. The van der Waals surface area contributed by atoms with Crippen LogP contribution in [0.1, 0.15) is 27.8 Å². The zero-order valence-electron chi connectivity index (χ0n) is 12.5. The van der Waals surface area contributed by atoms with E-state index in [1.54, 1.807) is 49.4 Å². The normalized spacial score (nSPS) is 10.5. The molecule has 0 atom stereocenters. The molecule has 0 aliphatic heterocycles. The summed E-state index contributed by atoms with van der Waals surface area (Å²) in [5.41, 5.74) is 1.37. The Bertz CT molecular complexity index is 852. The lowest BCUT2D eigenvalue weighted by atomic mass is 10.2. The minimum Gasteiger partial charge on any atom is -0.461 e. The van der Waals surface area contributed by atoms with Crippen LogP contribution >= 0.6 is 0 Å². The summed E-state index contributed by atoms with van der Waals surface area (Å²) < 4.78 is 10.4. The molecule has 1 aromatic heterocycles. The highest BCUT2D eigenvalue weighted by Crippen LogP contribution is 2.26. The third-order valence-corrected chi connectivity index (χ3v) is 3.33. The zero-order valence-corrected chi connectivity index (χ0v) is 12.5. The van der Waals surface area contributed by atoms with E-state index in [1.807, 2.05) is 12.1 Å². The highest BCUT2D eigenvalue weighted by atomic mass is 16.5. The summed E-state index contributed by atoms with van der Waals surface area (Å²) in [6, 6.07) is 15.7. The van der Waals surface area contributed by atoms with E-state index in [0.29, 0.717) is 29.1 Å². The number of para-hydroxylation sites is 1. The SMILES string of the molecule is CCOC(=O)c1cc2cccc(OC(=O)c3ccccc3)c2[nH]1. The van der Waals surface area contributed by atoms with Gasteiger partial charge in [-0.05, 0) is 31.2 Å². The van der Waals surface area contributed by atoms with Crippen LogP contribution in [0.2, 0.25) is 0 Å². The summed E-state index contributed by atoms with van der Waals surface area (Å²) >= 11 is 0. The van der Waals surface area contributed by atoms with Gasteiger partial charge in [-0.2, -0.15) is 0 Å². The van der Waals surface area contributed by atoms with Gasteiger partial charge < -0.3 is 14.5 Å². The average molecular weight is 309 g/mol. The molecule has 23 heavy (non-hydrogen) atoms. The number of ether oxygens (including phenoxy) is 2. The largest absolute Gasteiger partial charge is 0.461 e. The minimum atomic E-state index is -0.453. The molecule has 3 aromatic rings. The smallest absolute Gasteiger partial charge is 0.354 e. The molecule has 0 radical (unpaired) electrons. The number of aromatic amines is 1. The predicted molar refractivity (Wildman–Crippen MR) is 85.7 cm³/mol. The number of carbonyl (C=O) groups excluding carboxylic acids is 2. The number of esters is 2. The fourth-order valence-electron chi connectivity index (χ4n) is 2.27. The van der Waals surface area contributed by atoms with Crippen molar-refractivity contribution in [3.8, 4) is 5.75 Å². The lowest BCUT2D eigenvalue weighted by Gasteiger charge is -2.05. The monoisotopic (exact) mass is 309 g/mol. The standard InChI is InChI=1S/C18H15NO4/c1-2-22-18(21)14-11-13-9-6-10-15(16(13)19-14)23-17(20)12-7-4-3-5-8-12/h3-11,19H,2H2,1H3. The van der Waals surface area contributed by atoms with E-state index >= 15 is 0 Å². The molecule has 3 rings (SSSR count). The van der Waals surface area contributed by atoms with Gasteiger partial charge in [-0.3, -0.25) is 0 Å². The molecule has 2 aromatic carbocycles. The molecule has 116 valence electrons. The fourth-order valence-corrected chi connectivity index (χ4v) is 2.27. The number of aromatic nitrogens is 1. The highest BCUT2D eigenvalue weighted by Gasteiger charge is 2.15. The van der Waals surface area contributed by atoms with Gasteiger partial charge in [0, 0.05) is 5.39 Å². The number of nitrogens with one attached hydrogen (secondary N) is 1. The molecule has 0 fully saturated rings. The van der Waals surface area contributed by atoms with Gasteiger partial charge in [0.05, 0.1) is 17.7 Å². The summed E-state index contributed by atoms with van der Waals surface area (Å²) in [7, 11) is 0. The number of fused-ring (bicyclic) bond motifs is 1. The first-order valence-electron chi connectivity index (χ1n) is 7.25. The summed E-state index contributed by atoms with van der Waals surface area (Å²) in [6.45, 7) is 2.04. The Hall–Kier alpha value is -3.08. The summed E-state index contributed by atoms with van der Waals surface area (Å²) in [6.07, 6.45) is 0. The van der Waals surface area contributed by atoms with Gasteiger partial charge >= 0.3 is 11.9 Å². The van der Waals surface area contributed by atoms with Gasteiger partial charge in [0.15, 0.2) is 5.75 Å². The molecule has 0 aliphatic carbocycles. The maximum atomic E-state index is 12.2. The molecule has 0 unspecified atom stereocenters. The third-order valence-electron chi connectivity index (χ3n) is 3.33. The lowest BCUT2D eigenvalue weighted by molar-refractivity contribution is 0.0520. The van der Waals surface area contributed by atoms with Crippen molar-refractivity contribution in [1.82, 2.24) is 4.98 Å². The van der Waals surface area contributed by atoms with Crippen LogP contribution in [-0.4, -0.2) is 23.5 Å². The van der Waals surface area contributed by atoms with Gasteiger partial charge in [-0.1, -0.05) is 30.3 Å². The van der Waals surface area contributed by atoms with Crippen molar-refractivity contribution in [2.24, 2.45) is 0 Å². The van der Waals surface area contributed by atoms with E-state index in [4.69, 9.17) is 9.47 Å². The number of benzene rings is 2. The molecule has 0 aliphatic rings. The van der Waals surface area contributed by atoms with Crippen LogP contribution in [-0.2, 0) is 4.74 Å². The van der Waals surface area contributed by atoms with Gasteiger partial charge in [0.25, 0.3) is 0 Å². The van der Waals surface area contributed by atoms with Gasteiger partial charge in [-0.15, -0.1) is 0 Å². The Kier molecular flexibility index (Phi) is 4.10. The molecule has 0 spiro atoms. The van der Waals surface area contributed by atoms with Crippen molar-refractivity contribution in [3.63, 3.8) is 0 Å². The van der Waals surface area contributed by atoms with Gasteiger partial charge in [-0.25, -0.2) is 9.59 Å². The van der Waals surface area contributed by atoms with Gasteiger partial charge in [0.1, 0.15) is 5.69 Å².